The number of nitrogens with one attached hydrogen (secondary N) is 1. The predicted octanol–water partition coefficient (Wildman–Crippen LogP) is 3.67. The van der Waals surface area contributed by atoms with Gasteiger partial charge >= 0.3 is 0 Å². The van der Waals surface area contributed by atoms with Crippen LogP contribution in [-0.4, -0.2) is 11.7 Å². The minimum atomic E-state index is -0.638. The Morgan fingerprint density at radius 3 is 2.80 bits per heavy atom. The molecule has 0 saturated heterocycles. The quantitative estimate of drug-likeness (QED) is 0.902. The van der Waals surface area contributed by atoms with Crippen molar-refractivity contribution in [1.29, 1.82) is 5.26 Å². The van der Waals surface area contributed by atoms with E-state index >= 15 is 0 Å². The lowest BCUT2D eigenvalue weighted by atomic mass is 10.1. The molecule has 4 heteroatoms. The van der Waals surface area contributed by atoms with Crippen molar-refractivity contribution >= 4 is 17.3 Å². The molecule has 2 aromatic carbocycles. The standard InChI is InChI=1S/C16H15ClN2O/c1-11-3-2-4-12(7-11)16(20)10-19-15-8-14(17)6-5-13(15)9-18/h2-8,16,19-20H,10H2,1H3. The van der Waals surface area contributed by atoms with E-state index in [0.717, 1.165) is 11.1 Å². The van der Waals surface area contributed by atoms with Crippen molar-refractivity contribution < 1.29 is 5.11 Å². The van der Waals surface area contributed by atoms with Crippen LogP contribution in [0, 0.1) is 18.3 Å². The van der Waals surface area contributed by atoms with Crippen LogP contribution in [0.5, 0.6) is 0 Å². The van der Waals surface area contributed by atoms with Gasteiger partial charge in [0, 0.05) is 11.6 Å². The zero-order chi connectivity index (χ0) is 14.5. The van der Waals surface area contributed by atoms with E-state index in [1.54, 1.807) is 18.2 Å². The monoisotopic (exact) mass is 286 g/mol. The van der Waals surface area contributed by atoms with Crippen molar-refractivity contribution in [2.75, 3.05) is 11.9 Å². The molecule has 0 bridgehead atoms. The van der Waals surface area contributed by atoms with Crippen molar-refractivity contribution in [2.24, 2.45) is 0 Å². The van der Waals surface area contributed by atoms with Crippen LogP contribution < -0.4 is 5.32 Å². The molecular formula is C16H15ClN2O. The number of aliphatic hydroxyl groups is 1. The molecule has 0 aliphatic rings. The molecule has 0 radical (unpaired) electrons. The van der Waals surface area contributed by atoms with Gasteiger partial charge in [0.1, 0.15) is 6.07 Å². The Morgan fingerprint density at radius 1 is 1.30 bits per heavy atom. The minimum Gasteiger partial charge on any atom is -0.387 e. The number of nitriles is 1. The van der Waals surface area contributed by atoms with Gasteiger partial charge in [0.2, 0.25) is 0 Å². The van der Waals surface area contributed by atoms with Crippen molar-refractivity contribution in [3.05, 3.63) is 64.2 Å². The molecule has 1 unspecified atom stereocenters. The lowest BCUT2D eigenvalue weighted by Crippen LogP contribution is -2.13. The van der Waals surface area contributed by atoms with Gasteiger partial charge in [-0.3, -0.25) is 0 Å². The van der Waals surface area contributed by atoms with Crippen LogP contribution in [-0.2, 0) is 0 Å². The number of benzene rings is 2. The second-order valence-electron chi connectivity index (χ2n) is 4.61. The first kappa shape index (κ1) is 14.4. The van der Waals surface area contributed by atoms with E-state index in [1.807, 2.05) is 31.2 Å². The molecule has 0 saturated carbocycles. The second-order valence-corrected chi connectivity index (χ2v) is 5.05. The van der Waals surface area contributed by atoms with E-state index in [0.29, 0.717) is 22.8 Å². The summed E-state index contributed by atoms with van der Waals surface area (Å²) in [6, 6.07) is 14.8. The van der Waals surface area contributed by atoms with E-state index in [2.05, 4.69) is 11.4 Å². The molecule has 0 aliphatic heterocycles. The maximum atomic E-state index is 10.2. The molecule has 20 heavy (non-hydrogen) atoms. The second kappa shape index (κ2) is 6.42. The molecule has 0 heterocycles. The highest BCUT2D eigenvalue weighted by Crippen LogP contribution is 2.22. The summed E-state index contributed by atoms with van der Waals surface area (Å²) in [5, 5.41) is 22.8. The Balaban J connectivity index is 2.09. The van der Waals surface area contributed by atoms with Gasteiger partial charge in [-0.25, -0.2) is 0 Å². The van der Waals surface area contributed by atoms with Crippen LogP contribution in [0.4, 0.5) is 5.69 Å². The molecule has 2 N–H and O–H groups in total. The fourth-order valence-electron chi connectivity index (χ4n) is 1.96. The number of hydrogen-bond donors (Lipinski definition) is 2. The minimum absolute atomic E-state index is 0.318. The Labute approximate surface area is 123 Å². The summed E-state index contributed by atoms with van der Waals surface area (Å²) < 4.78 is 0. The first-order valence-electron chi connectivity index (χ1n) is 6.28. The topological polar surface area (TPSA) is 56.0 Å². The van der Waals surface area contributed by atoms with Gasteiger partial charge in [-0.2, -0.15) is 5.26 Å². The summed E-state index contributed by atoms with van der Waals surface area (Å²) in [7, 11) is 0. The fourth-order valence-corrected chi connectivity index (χ4v) is 2.13. The summed E-state index contributed by atoms with van der Waals surface area (Å²) in [5.74, 6) is 0. The molecule has 3 nitrogen and oxygen atoms in total. The first-order chi connectivity index (χ1) is 9.60. The summed E-state index contributed by atoms with van der Waals surface area (Å²) in [6.45, 7) is 2.30. The summed E-state index contributed by atoms with van der Waals surface area (Å²) in [5.41, 5.74) is 3.08. The molecule has 0 fully saturated rings. The maximum Gasteiger partial charge on any atom is 0.101 e. The number of nitrogens with zero attached hydrogens (tertiary/aromatic N) is 1. The number of aryl methyl sites for hydroxylation is 1. The molecule has 0 spiro atoms. The van der Waals surface area contributed by atoms with Crippen molar-refractivity contribution in [2.45, 2.75) is 13.0 Å². The predicted molar refractivity (Wildman–Crippen MR) is 80.8 cm³/mol. The summed E-state index contributed by atoms with van der Waals surface area (Å²) >= 11 is 5.91. The average Bonchev–Trinajstić information content (AvgIpc) is 2.45. The number of rotatable bonds is 4. The van der Waals surface area contributed by atoms with Crippen molar-refractivity contribution in [3.8, 4) is 6.07 Å². The van der Waals surface area contributed by atoms with Crippen LogP contribution in [0.15, 0.2) is 42.5 Å². The zero-order valence-corrected chi connectivity index (χ0v) is 11.9. The lowest BCUT2D eigenvalue weighted by Gasteiger charge is -2.14. The van der Waals surface area contributed by atoms with Gasteiger partial charge in [0.05, 0.1) is 17.4 Å². The molecule has 0 aromatic heterocycles. The zero-order valence-electron chi connectivity index (χ0n) is 11.1. The highest BCUT2D eigenvalue weighted by atomic mass is 35.5. The van der Waals surface area contributed by atoms with E-state index in [1.165, 1.54) is 0 Å². The third-order valence-corrected chi connectivity index (χ3v) is 3.25. The van der Waals surface area contributed by atoms with Gasteiger partial charge in [0.15, 0.2) is 0 Å². The van der Waals surface area contributed by atoms with Crippen LogP contribution in [0.1, 0.15) is 22.8 Å². The number of halogens is 1. The summed E-state index contributed by atoms with van der Waals surface area (Å²) in [4.78, 5) is 0. The first-order valence-corrected chi connectivity index (χ1v) is 6.66. The van der Waals surface area contributed by atoms with Gasteiger partial charge in [-0.05, 0) is 30.7 Å². The van der Waals surface area contributed by atoms with Gasteiger partial charge in [-0.15, -0.1) is 0 Å². The van der Waals surface area contributed by atoms with Crippen molar-refractivity contribution in [1.82, 2.24) is 0 Å². The third-order valence-electron chi connectivity index (χ3n) is 3.01. The van der Waals surface area contributed by atoms with Crippen LogP contribution >= 0.6 is 11.6 Å². The Morgan fingerprint density at radius 2 is 2.10 bits per heavy atom. The number of aliphatic hydroxyl groups excluding tert-OH is 1. The molecular weight excluding hydrogens is 272 g/mol. The highest BCUT2D eigenvalue weighted by Gasteiger charge is 2.09. The van der Waals surface area contributed by atoms with Gasteiger partial charge in [0.25, 0.3) is 0 Å². The van der Waals surface area contributed by atoms with Gasteiger partial charge in [-0.1, -0.05) is 41.4 Å². The number of anilines is 1. The smallest absolute Gasteiger partial charge is 0.101 e. The molecule has 0 aliphatic carbocycles. The number of hydrogen-bond acceptors (Lipinski definition) is 3. The third kappa shape index (κ3) is 3.51. The van der Waals surface area contributed by atoms with E-state index in [9.17, 15) is 5.11 Å². The van der Waals surface area contributed by atoms with E-state index in [-0.39, 0.29) is 0 Å². The molecule has 1 atom stereocenters. The lowest BCUT2D eigenvalue weighted by molar-refractivity contribution is 0.191. The average molecular weight is 287 g/mol. The molecule has 102 valence electrons. The SMILES string of the molecule is Cc1cccc(C(O)CNc2cc(Cl)ccc2C#N)c1. The fraction of sp³-hybridized carbons (Fsp3) is 0.188. The van der Waals surface area contributed by atoms with Crippen LogP contribution in [0.2, 0.25) is 5.02 Å². The molecule has 2 rings (SSSR count). The Bertz CT molecular complexity index is 649. The Hall–Kier alpha value is -2.02. The molecule has 0 amide bonds. The molecule has 2 aromatic rings. The largest absolute Gasteiger partial charge is 0.387 e. The highest BCUT2D eigenvalue weighted by molar-refractivity contribution is 6.30. The normalized spacial score (nSPS) is 11.7. The maximum absolute atomic E-state index is 10.2. The summed E-state index contributed by atoms with van der Waals surface area (Å²) in [6.07, 6.45) is -0.638. The Kier molecular flexibility index (Phi) is 4.62. The van der Waals surface area contributed by atoms with E-state index in [4.69, 9.17) is 16.9 Å². The van der Waals surface area contributed by atoms with Crippen LogP contribution in [0.3, 0.4) is 0 Å². The van der Waals surface area contributed by atoms with Crippen LogP contribution in [0.25, 0.3) is 0 Å². The van der Waals surface area contributed by atoms with Gasteiger partial charge < -0.3 is 10.4 Å². The van der Waals surface area contributed by atoms with Crippen molar-refractivity contribution in [3.63, 3.8) is 0 Å². The van der Waals surface area contributed by atoms with E-state index < -0.39 is 6.10 Å².